The van der Waals surface area contributed by atoms with E-state index in [4.69, 9.17) is 32.7 Å². The van der Waals surface area contributed by atoms with Gasteiger partial charge in [0.05, 0.1) is 15.6 Å². The van der Waals surface area contributed by atoms with Crippen molar-refractivity contribution in [3.8, 4) is 11.5 Å². The third kappa shape index (κ3) is 8.28. The van der Waals surface area contributed by atoms with Gasteiger partial charge in [-0.3, -0.25) is 9.52 Å². The van der Waals surface area contributed by atoms with Crippen molar-refractivity contribution < 1.29 is 27.5 Å². The van der Waals surface area contributed by atoms with Crippen LogP contribution in [0.4, 0.5) is 10.5 Å². The summed E-state index contributed by atoms with van der Waals surface area (Å²) in [7, 11) is -4.01. The number of hydrogen-bond donors (Lipinski definition) is 2. The van der Waals surface area contributed by atoms with Gasteiger partial charge in [0.15, 0.2) is 5.75 Å². The Morgan fingerprint density at radius 1 is 0.927 bits per heavy atom. The minimum absolute atomic E-state index is 0.0287. The van der Waals surface area contributed by atoms with Crippen LogP contribution in [0.1, 0.15) is 44.0 Å². The number of sulfonamides is 1. The molecule has 2 N–H and O–H groups in total. The first kappa shape index (κ1) is 30.5. The van der Waals surface area contributed by atoms with Gasteiger partial charge in [0.2, 0.25) is 0 Å². The number of nitrogens with zero attached hydrogens (tertiary/aromatic N) is 1. The number of hydrogen-bond acceptors (Lipinski definition) is 6. The van der Waals surface area contributed by atoms with E-state index in [1.54, 1.807) is 41.3 Å². The van der Waals surface area contributed by atoms with E-state index in [0.717, 1.165) is 0 Å². The summed E-state index contributed by atoms with van der Waals surface area (Å²) in [5, 5.41) is 3.68. The molecule has 0 unspecified atom stereocenters. The molecule has 41 heavy (non-hydrogen) atoms. The van der Waals surface area contributed by atoms with Gasteiger partial charge < -0.3 is 19.7 Å². The molecule has 0 saturated carbocycles. The van der Waals surface area contributed by atoms with Crippen LogP contribution >= 0.6 is 23.2 Å². The van der Waals surface area contributed by atoms with Crippen molar-refractivity contribution in [3.05, 3.63) is 82.3 Å². The Kier molecular flexibility index (Phi) is 9.36. The summed E-state index contributed by atoms with van der Waals surface area (Å²) in [4.78, 5) is 26.7. The highest BCUT2D eigenvalue weighted by molar-refractivity contribution is 7.92. The highest BCUT2D eigenvalue weighted by atomic mass is 35.5. The number of benzene rings is 3. The second-order valence-corrected chi connectivity index (χ2v) is 13.0. The fraction of sp³-hybridized carbons (Fsp3) is 0.310. The molecule has 1 heterocycles. The third-order valence-corrected chi connectivity index (χ3v) is 8.07. The molecule has 1 aliphatic heterocycles. The quantitative estimate of drug-likeness (QED) is 0.303. The van der Waals surface area contributed by atoms with Crippen LogP contribution < -0.4 is 14.8 Å². The number of halogens is 2. The zero-order valence-electron chi connectivity index (χ0n) is 22.8. The van der Waals surface area contributed by atoms with Crippen LogP contribution in [0, 0.1) is 0 Å². The van der Waals surface area contributed by atoms with Crippen molar-refractivity contribution in [3.63, 3.8) is 0 Å². The number of ether oxygens (including phenoxy) is 2. The number of rotatable bonds is 7. The minimum Gasteiger partial charge on any atom is -0.454 e. The second kappa shape index (κ2) is 12.6. The maximum atomic E-state index is 13.1. The van der Waals surface area contributed by atoms with E-state index in [-0.39, 0.29) is 39.4 Å². The molecule has 2 amide bonds. The Hall–Kier alpha value is -3.47. The Balaban J connectivity index is 1.37. The molecule has 0 aliphatic carbocycles. The van der Waals surface area contributed by atoms with Gasteiger partial charge in [-0.05, 0) is 88.2 Å². The molecule has 1 saturated heterocycles. The molecular weight excluding hydrogens is 589 g/mol. The number of carbonyl (C=O) groups excluding carboxylic acids is 2. The molecule has 0 spiro atoms. The van der Waals surface area contributed by atoms with Gasteiger partial charge in [0.25, 0.3) is 15.9 Å². The molecule has 0 aromatic heterocycles. The largest absolute Gasteiger partial charge is 0.454 e. The maximum Gasteiger partial charge on any atom is 0.410 e. The Labute approximate surface area is 249 Å². The lowest BCUT2D eigenvalue weighted by Gasteiger charge is -2.33. The first-order chi connectivity index (χ1) is 19.3. The molecular formula is C29H31Cl2N3O6S. The van der Waals surface area contributed by atoms with Crippen LogP contribution in [-0.2, 0) is 14.8 Å². The van der Waals surface area contributed by atoms with E-state index in [9.17, 15) is 18.0 Å². The van der Waals surface area contributed by atoms with Gasteiger partial charge in [-0.1, -0.05) is 35.3 Å². The summed E-state index contributed by atoms with van der Waals surface area (Å²) >= 11 is 12.1. The first-order valence-electron chi connectivity index (χ1n) is 12.9. The van der Waals surface area contributed by atoms with E-state index >= 15 is 0 Å². The maximum absolute atomic E-state index is 13.1. The summed E-state index contributed by atoms with van der Waals surface area (Å²) in [5.41, 5.74) is -0.0436. The third-order valence-electron chi connectivity index (χ3n) is 6.15. The fourth-order valence-electron chi connectivity index (χ4n) is 4.11. The molecule has 1 aliphatic rings. The fourth-order valence-corrected chi connectivity index (χ4v) is 5.62. The zero-order chi connectivity index (χ0) is 29.8. The highest BCUT2D eigenvalue weighted by Gasteiger charge is 2.28. The van der Waals surface area contributed by atoms with Crippen LogP contribution in [0.3, 0.4) is 0 Å². The number of amides is 2. The molecule has 1 fully saturated rings. The lowest BCUT2D eigenvalue weighted by atomic mass is 10.0. The highest BCUT2D eigenvalue weighted by Crippen LogP contribution is 2.35. The van der Waals surface area contributed by atoms with Crippen LogP contribution in [0.25, 0.3) is 0 Å². The van der Waals surface area contributed by atoms with Crippen molar-refractivity contribution in [1.29, 1.82) is 0 Å². The van der Waals surface area contributed by atoms with Crippen molar-refractivity contribution in [2.24, 2.45) is 0 Å². The van der Waals surface area contributed by atoms with Crippen molar-refractivity contribution in [2.75, 3.05) is 17.8 Å². The predicted molar refractivity (Wildman–Crippen MR) is 159 cm³/mol. The molecule has 4 rings (SSSR count). The van der Waals surface area contributed by atoms with E-state index in [2.05, 4.69) is 10.0 Å². The van der Waals surface area contributed by atoms with Crippen molar-refractivity contribution in [1.82, 2.24) is 10.2 Å². The topological polar surface area (TPSA) is 114 Å². The van der Waals surface area contributed by atoms with Crippen molar-refractivity contribution in [2.45, 2.75) is 50.2 Å². The SMILES string of the molecule is CC(C)(C)OC(=O)N1CCC(NC(=O)c2ccc(S(=O)(=O)Nc3ccccc3Oc3ccc(Cl)cc3Cl)cc2)CC1. The summed E-state index contributed by atoms with van der Waals surface area (Å²) < 4.78 is 40.1. The average Bonchev–Trinajstić information content (AvgIpc) is 2.90. The standard InChI is InChI=1S/C29H31Cl2N3O6S/c1-29(2,3)40-28(36)34-16-14-21(15-17-34)32-27(35)19-8-11-22(12-9-19)41(37,38)33-24-6-4-5-7-26(24)39-25-13-10-20(30)18-23(25)31/h4-13,18,21,33H,14-17H2,1-3H3,(H,32,35). The van der Waals surface area contributed by atoms with Gasteiger partial charge in [0.1, 0.15) is 11.4 Å². The molecule has 12 heteroatoms. The number of nitrogens with one attached hydrogen (secondary N) is 2. The lowest BCUT2D eigenvalue weighted by Crippen LogP contribution is -2.47. The summed E-state index contributed by atoms with van der Waals surface area (Å²) in [6.45, 7) is 6.39. The predicted octanol–water partition coefficient (Wildman–Crippen LogP) is 6.72. The van der Waals surface area contributed by atoms with Gasteiger partial charge in [0, 0.05) is 29.7 Å². The Morgan fingerprint density at radius 3 is 2.22 bits per heavy atom. The van der Waals surface area contributed by atoms with Gasteiger partial charge in [-0.25, -0.2) is 13.2 Å². The molecule has 218 valence electrons. The van der Waals surface area contributed by atoms with E-state index in [1.165, 1.54) is 30.3 Å². The Morgan fingerprint density at radius 2 is 1.59 bits per heavy atom. The van der Waals surface area contributed by atoms with Gasteiger partial charge in [-0.2, -0.15) is 0 Å². The number of piperidine rings is 1. The molecule has 0 atom stereocenters. The monoisotopic (exact) mass is 619 g/mol. The van der Waals surface area contributed by atoms with Gasteiger partial charge >= 0.3 is 6.09 Å². The number of para-hydroxylation sites is 2. The summed E-state index contributed by atoms with van der Waals surface area (Å²) in [6, 6.07) is 16.8. The zero-order valence-corrected chi connectivity index (χ0v) is 25.1. The van der Waals surface area contributed by atoms with Crippen LogP contribution in [0.15, 0.2) is 71.6 Å². The molecule has 0 radical (unpaired) electrons. The smallest absolute Gasteiger partial charge is 0.410 e. The summed E-state index contributed by atoms with van der Waals surface area (Å²) in [5.74, 6) is 0.235. The van der Waals surface area contributed by atoms with E-state index < -0.39 is 15.6 Å². The van der Waals surface area contributed by atoms with Crippen molar-refractivity contribution >= 4 is 50.9 Å². The Bertz CT molecular complexity index is 1520. The second-order valence-electron chi connectivity index (χ2n) is 10.5. The number of carbonyl (C=O) groups is 2. The lowest BCUT2D eigenvalue weighted by molar-refractivity contribution is 0.0199. The number of anilines is 1. The normalized spacial score (nSPS) is 14.3. The molecule has 9 nitrogen and oxygen atoms in total. The van der Waals surface area contributed by atoms with Gasteiger partial charge in [-0.15, -0.1) is 0 Å². The molecule has 3 aromatic rings. The molecule has 0 bridgehead atoms. The van der Waals surface area contributed by atoms with E-state index in [1.807, 2.05) is 20.8 Å². The molecule has 3 aromatic carbocycles. The minimum atomic E-state index is -4.01. The summed E-state index contributed by atoms with van der Waals surface area (Å²) in [6.07, 6.45) is 0.810. The van der Waals surface area contributed by atoms with Crippen LogP contribution in [0.2, 0.25) is 10.0 Å². The average molecular weight is 621 g/mol. The van der Waals surface area contributed by atoms with E-state index in [0.29, 0.717) is 42.3 Å². The number of likely N-dealkylation sites (tertiary alicyclic amines) is 1. The van der Waals surface area contributed by atoms with Crippen LogP contribution in [0.5, 0.6) is 11.5 Å². The van der Waals surface area contributed by atoms with Crippen LogP contribution in [-0.4, -0.2) is 50.1 Å². The first-order valence-corrected chi connectivity index (χ1v) is 15.2.